The van der Waals surface area contributed by atoms with Crippen LogP contribution in [0, 0.1) is 18.2 Å². The molecule has 0 amide bonds. The molecule has 1 saturated carbocycles. The topological polar surface area (TPSA) is 55.1 Å². The van der Waals surface area contributed by atoms with Crippen LogP contribution < -0.4 is 0 Å². The van der Waals surface area contributed by atoms with Crippen LogP contribution >= 0.6 is 11.8 Å². The molecule has 1 heterocycles. The van der Waals surface area contributed by atoms with E-state index in [9.17, 15) is 9.18 Å². The molecule has 1 unspecified atom stereocenters. The SMILES string of the molecule is Cc1cc2c(cc1F)nc(SCC(=O)O)n2C1CC1(C)C. The molecule has 0 saturated heterocycles. The summed E-state index contributed by atoms with van der Waals surface area (Å²) in [7, 11) is 0. The van der Waals surface area contributed by atoms with Gasteiger partial charge in [0.05, 0.1) is 16.8 Å². The van der Waals surface area contributed by atoms with Gasteiger partial charge in [-0.05, 0) is 30.4 Å². The minimum atomic E-state index is -0.879. The second kappa shape index (κ2) is 4.73. The van der Waals surface area contributed by atoms with E-state index in [0.29, 0.717) is 22.3 Å². The smallest absolute Gasteiger partial charge is 0.313 e. The third-order valence-corrected chi connectivity index (χ3v) is 4.97. The highest BCUT2D eigenvalue weighted by Gasteiger charge is 2.48. The maximum Gasteiger partial charge on any atom is 0.313 e. The lowest BCUT2D eigenvalue weighted by Gasteiger charge is -2.10. The van der Waals surface area contributed by atoms with Gasteiger partial charge in [0, 0.05) is 12.1 Å². The Kier molecular flexibility index (Phi) is 3.24. The summed E-state index contributed by atoms with van der Waals surface area (Å²) in [4.78, 5) is 15.2. The molecular formula is C15H17FN2O2S. The van der Waals surface area contributed by atoms with Crippen molar-refractivity contribution < 1.29 is 14.3 Å². The first kappa shape index (κ1) is 14.4. The molecule has 1 aromatic carbocycles. The van der Waals surface area contributed by atoms with Gasteiger partial charge in [-0.3, -0.25) is 4.79 Å². The maximum atomic E-state index is 13.7. The predicted molar refractivity (Wildman–Crippen MR) is 80.2 cm³/mol. The van der Waals surface area contributed by atoms with E-state index in [1.165, 1.54) is 17.8 Å². The van der Waals surface area contributed by atoms with Crippen molar-refractivity contribution in [3.63, 3.8) is 0 Å². The van der Waals surface area contributed by atoms with Crippen LogP contribution in [0.2, 0.25) is 0 Å². The number of benzene rings is 1. The molecule has 1 atom stereocenters. The molecule has 0 spiro atoms. The number of halogens is 1. The number of hydrogen-bond acceptors (Lipinski definition) is 3. The zero-order valence-corrected chi connectivity index (χ0v) is 13.0. The third kappa shape index (κ3) is 2.52. The molecule has 1 aliphatic rings. The van der Waals surface area contributed by atoms with Crippen molar-refractivity contribution in [2.75, 3.05) is 5.75 Å². The van der Waals surface area contributed by atoms with E-state index in [1.807, 2.05) is 0 Å². The van der Waals surface area contributed by atoms with Gasteiger partial charge < -0.3 is 9.67 Å². The Balaban J connectivity index is 2.12. The van der Waals surface area contributed by atoms with Gasteiger partial charge in [0.1, 0.15) is 5.82 Å². The predicted octanol–water partition coefficient (Wildman–Crippen LogP) is 3.63. The molecule has 3 rings (SSSR count). The first-order chi connectivity index (χ1) is 9.79. The molecule has 6 heteroatoms. The normalized spacial score (nSPS) is 19.9. The number of hydrogen-bond donors (Lipinski definition) is 1. The lowest BCUT2D eigenvalue weighted by Crippen LogP contribution is -2.05. The molecule has 0 aliphatic heterocycles. The van der Waals surface area contributed by atoms with Crippen LogP contribution in [0.4, 0.5) is 4.39 Å². The van der Waals surface area contributed by atoms with E-state index in [-0.39, 0.29) is 17.0 Å². The van der Waals surface area contributed by atoms with Crippen LogP contribution in [-0.2, 0) is 4.79 Å². The van der Waals surface area contributed by atoms with Gasteiger partial charge in [-0.15, -0.1) is 0 Å². The van der Waals surface area contributed by atoms with E-state index in [1.54, 1.807) is 13.0 Å². The van der Waals surface area contributed by atoms with Gasteiger partial charge in [-0.1, -0.05) is 25.6 Å². The summed E-state index contributed by atoms with van der Waals surface area (Å²) in [5, 5.41) is 9.53. The molecular weight excluding hydrogens is 291 g/mol. The van der Waals surface area contributed by atoms with Crippen molar-refractivity contribution in [3.8, 4) is 0 Å². The van der Waals surface area contributed by atoms with Crippen molar-refractivity contribution in [1.29, 1.82) is 0 Å². The van der Waals surface area contributed by atoms with Crippen LogP contribution in [0.25, 0.3) is 11.0 Å². The van der Waals surface area contributed by atoms with Crippen LogP contribution in [0.5, 0.6) is 0 Å². The number of aliphatic carboxylic acids is 1. The number of nitrogens with zero attached hydrogens (tertiary/aromatic N) is 2. The minimum absolute atomic E-state index is 0.0437. The van der Waals surface area contributed by atoms with Crippen LogP contribution in [0.15, 0.2) is 17.3 Å². The monoisotopic (exact) mass is 308 g/mol. The molecule has 21 heavy (non-hydrogen) atoms. The first-order valence-corrected chi connectivity index (χ1v) is 7.81. The number of carboxylic acid groups (broad SMARTS) is 1. The Morgan fingerprint density at radius 1 is 1.57 bits per heavy atom. The fourth-order valence-electron chi connectivity index (χ4n) is 2.61. The molecule has 1 N–H and O–H groups in total. The van der Waals surface area contributed by atoms with E-state index in [4.69, 9.17) is 5.11 Å². The summed E-state index contributed by atoms with van der Waals surface area (Å²) in [6.07, 6.45) is 1.02. The lowest BCUT2D eigenvalue weighted by atomic mass is 10.1. The average Bonchev–Trinajstić information content (AvgIpc) is 2.86. The fourth-order valence-corrected chi connectivity index (χ4v) is 3.39. The molecule has 1 aliphatic carbocycles. The molecule has 1 fully saturated rings. The maximum absolute atomic E-state index is 13.7. The average molecular weight is 308 g/mol. The molecule has 4 nitrogen and oxygen atoms in total. The number of fused-ring (bicyclic) bond motifs is 1. The van der Waals surface area contributed by atoms with Crippen molar-refractivity contribution in [1.82, 2.24) is 9.55 Å². The molecule has 0 bridgehead atoms. The third-order valence-electron chi connectivity index (χ3n) is 4.04. The Morgan fingerprint density at radius 3 is 2.81 bits per heavy atom. The number of carbonyl (C=O) groups is 1. The second-order valence-electron chi connectivity index (χ2n) is 6.25. The van der Waals surface area contributed by atoms with Crippen molar-refractivity contribution in [2.24, 2.45) is 5.41 Å². The summed E-state index contributed by atoms with van der Waals surface area (Å²) < 4.78 is 15.8. The Labute approximate surface area is 126 Å². The molecule has 2 aromatic rings. The first-order valence-electron chi connectivity index (χ1n) is 6.82. The number of aryl methyl sites for hydroxylation is 1. The summed E-state index contributed by atoms with van der Waals surface area (Å²) in [5.41, 5.74) is 2.23. The molecule has 0 radical (unpaired) electrons. The highest BCUT2D eigenvalue weighted by Crippen LogP contribution is 2.57. The Hall–Kier alpha value is -1.56. The van der Waals surface area contributed by atoms with Gasteiger partial charge in [-0.2, -0.15) is 0 Å². The largest absolute Gasteiger partial charge is 0.481 e. The van der Waals surface area contributed by atoms with Gasteiger partial charge in [0.25, 0.3) is 0 Å². The van der Waals surface area contributed by atoms with Gasteiger partial charge in [-0.25, -0.2) is 9.37 Å². The fraction of sp³-hybridized carbons (Fsp3) is 0.467. The van der Waals surface area contributed by atoms with Crippen LogP contribution in [0.3, 0.4) is 0 Å². The standard InChI is InChI=1S/C15H17FN2O2S/c1-8-4-11-10(5-9(8)16)17-14(21-7-13(19)20)18(11)12-6-15(12,2)3/h4-5,12H,6-7H2,1-3H3,(H,19,20). The zero-order valence-electron chi connectivity index (χ0n) is 12.2. The second-order valence-corrected chi connectivity index (χ2v) is 7.19. The minimum Gasteiger partial charge on any atom is -0.481 e. The van der Waals surface area contributed by atoms with Crippen molar-refractivity contribution in [2.45, 2.75) is 38.4 Å². The summed E-state index contributed by atoms with van der Waals surface area (Å²) in [5.74, 6) is -1.20. The van der Waals surface area contributed by atoms with Gasteiger partial charge in [0.15, 0.2) is 5.16 Å². The van der Waals surface area contributed by atoms with Gasteiger partial charge >= 0.3 is 5.97 Å². The number of imidazole rings is 1. The molecule has 1 aromatic heterocycles. The Morgan fingerprint density at radius 2 is 2.24 bits per heavy atom. The van der Waals surface area contributed by atoms with Crippen LogP contribution in [-0.4, -0.2) is 26.4 Å². The van der Waals surface area contributed by atoms with Crippen molar-refractivity contribution >= 4 is 28.8 Å². The molecule has 112 valence electrons. The van der Waals surface area contributed by atoms with E-state index in [0.717, 1.165) is 11.9 Å². The summed E-state index contributed by atoms with van der Waals surface area (Å²) >= 11 is 1.19. The van der Waals surface area contributed by atoms with Crippen molar-refractivity contribution in [3.05, 3.63) is 23.5 Å². The van der Waals surface area contributed by atoms with Gasteiger partial charge in [0.2, 0.25) is 0 Å². The summed E-state index contributed by atoms with van der Waals surface area (Å²) in [6.45, 7) is 6.07. The number of rotatable bonds is 4. The summed E-state index contributed by atoms with van der Waals surface area (Å²) in [6, 6.07) is 3.53. The zero-order chi connectivity index (χ0) is 15.4. The van der Waals surface area contributed by atoms with E-state index < -0.39 is 5.97 Å². The number of thioether (sulfide) groups is 1. The van der Waals surface area contributed by atoms with E-state index in [2.05, 4.69) is 23.4 Å². The number of carboxylic acids is 1. The number of aromatic nitrogens is 2. The highest BCUT2D eigenvalue weighted by molar-refractivity contribution is 7.99. The lowest BCUT2D eigenvalue weighted by molar-refractivity contribution is -0.133. The van der Waals surface area contributed by atoms with E-state index >= 15 is 0 Å². The quantitative estimate of drug-likeness (QED) is 0.876. The Bertz CT molecular complexity index is 739. The highest BCUT2D eigenvalue weighted by atomic mass is 32.2. The van der Waals surface area contributed by atoms with Crippen LogP contribution in [0.1, 0.15) is 31.9 Å².